The molecule has 0 aliphatic heterocycles. The van der Waals surface area contributed by atoms with Crippen LogP contribution in [0, 0.1) is 6.92 Å². The maximum atomic E-state index is 11.7. The molecule has 4 rings (SSSR count). The smallest absolute Gasteiger partial charge is 0.230 e. The van der Waals surface area contributed by atoms with Crippen LogP contribution < -0.4 is 10.1 Å². The number of pyridine rings is 2. The Morgan fingerprint density at radius 1 is 1.28 bits per heavy atom. The van der Waals surface area contributed by atoms with Gasteiger partial charge < -0.3 is 10.1 Å². The molecule has 0 bridgehead atoms. The van der Waals surface area contributed by atoms with E-state index in [1.165, 1.54) is 11.8 Å². The van der Waals surface area contributed by atoms with E-state index in [0.29, 0.717) is 10.8 Å². The van der Waals surface area contributed by atoms with E-state index in [1.807, 2.05) is 42.9 Å². The van der Waals surface area contributed by atoms with E-state index in [2.05, 4.69) is 21.5 Å². The van der Waals surface area contributed by atoms with E-state index in [4.69, 9.17) is 21.3 Å². The molecule has 0 radical (unpaired) electrons. The van der Waals surface area contributed by atoms with Gasteiger partial charge in [0, 0.05) is 59.8 Å². The molecule has 0 atom stereocenters. The number of aromatic nitrogens is 4. The number of nitrogens with zero attached hydrogens (tertiary/aromatic N) is 4. The summed E-state index contributed by atoms with van der Waals surface area (Å²) in [4.78, 5) is 21.4. The highest BCUT2D eigenvalue weighted by atomic mass is 35.5. The van der Waals surface area contributed by atoms with Crippen molar-refractivity contribution in [2.24, 2.45) is 7.05 Å². The summed E-state index contributed by atoms with van der Waals surface area (Å²) < 4.78 is 8.05. The van der Waals surface area contributed by atoms with Gasteiger partial charge >= 0.3 is 0 Å². The van der Waals surface area contributed by atoms with Gasteiger partial charge in [-0.15, -0.1) is 11.8 Å². The van der Waals surface area contributed by atoms with E-state index in [-0.39, 0.29) is 18.3 Å². The van der Waals surface area contributed by atoms with Crippen molar-refractivity contribution in [1.82, 2.24) is 25.1 Å². The van der Waals surface area contributed by atoms with Crippen molar-refractivity contribution in [1.29, 1.82) is 0 Å². The fourth-order valence-corrected chi connectivity index (χ4v) is 4.57. The summed E-state index contributed by atoms with van der Waals surface area (Å²) in [5.74, 6) is 0.859. The molecule has 7 nitrogen and oxygen atoms in total. The van der Waals surface area contributed by atoms with Crippen molar-refractivity contribution in [3.63, 3.8) is 0 Å². The molecule has 9 heteroatoms. The van der Waals surface area contributed by atoms with Crippen molar-refractivity contribution >= 4 is 40.2 Å². The number of aryl methyl sites for hydroxylation is 2. The molecule has 0 fully saturated rings. The Kier molecular flexibility index (Phi) is 6.62. The number of carbonyl (C=O) groups excluding carboxylic acids is 1. The summed E-state index contributed by atoms with van der Waals surface area (Å²) >= 11 is 7.79. The Morgan fingerprint density at radius 2 is 2.12 bits per heavy atom. The van der Waals surface area contributed by atoms with Crippen LogP contribution in [0.2, 0.25) is 5.02 Å². The number of ether oxygens (including phenoxy) is 1. The molecule has 3 heterocycles. The van der Waals surface area contributed by atoms with Crippen LogP contribution in [0.25, 0.3) is 22.2 Å². The standard InChI is InChI=1S/C23H22ClN5O2S/c1-14-9-16(19-7-8-27-29(19)3)15-5-4-6-20(23(15)28-14)31-12-17-18(24)10-26-11-21(17)32-13-22(30)25-2/h4-11H,12-13H2,1-3H3,(H,25,30). The van der Waals surface area contributed by atoms with Crippen LogP contribution in [0.15, 0.2) is 53.8 Å². The minimum atomic E-state index is -0.0710. The predicted octanol–water partition coefficient (Wildman–Crippen LogP) is 4.41. The molecule has 0 aliphatic carbocycles. The molecule has 3 aromatic heterocycles. The normalized spacial score (nSPS) is 11.0. The Hall–Kier alpha value is -3.10. The fraction of sp³-hybridized carbons (Fsp3) is 0.217. The molecule has 0 unspecified atom stereocenters. The number of benzene rings is 1. The highest BCUT2D eigenvalue weighted by Gasteiger charge is 2.15. The average molecular weight is 468 g/mol. The first kappa shape index (κ1) is 22.1. The van der Waals surface area contributed by atoms with Gasteiger partial charge in [0.25, 0.3) is 0 Å². The molecular formula is C23H22ClN5O2S. The molecular weight excluding hydrogens is 446 g/mol. The van der Waals surface area contributed by atoms with Crippen molar-refractivity contribution in [2.45, 2.75) is 18.4 Å². The Morgan fingerprint density at radius 3 is 2.88 bits per heavy atom. The Labute approximate surface area is 195 Å². The second-order valence-electron chi connectivity index (χ2n) is 7.15. The molecule has 164 valence electrons. The second kappa shape index (κ2) is 9.58. The average Bonchev–Trinajstić information content (AvgIpc) is 3.22. The largest absolute Gasteiger partial charge is 0.487 e. The van der Waals surface area contributed by atoms with Gasteiger partial charge in [-0.05, 0) is 25.1 Å². The molecule has 0 saturated heterocycles. The Balaban J connectivity index is 1.68. The van der Waals surface area contributed by atoms with Crippen molar-refractivity contribution in [3.8, 4) is 17.0 Å². The van der Waals surface area contributed by atoms with E-state index < -0.39 is 0 Å². The lowest BCUT2D eigenvalue weighted by Crippen LogP contribution is -2.19. The summed E-state index contributed by atoms with van der Waals surface area (Å²) in [6, 6.07) is 9.91. The number of hydrogen-bond donors (Lipinski definition) is 1. The van der Waals surface area contributed by atoms with Gasteiger partial charge in [0.1, 0.15) is 17.9 Å². The van der Waals surface area contributed by atoms with E-state index >= 15 is 0 Å². The number of hydrogen-bond acceptors (Lipinski definition) is 6. The van der Waals surface area contributed by atoms with Crippen LogP contribution in [0.5, 0.6) is 5.75 Å². The summed E-state index contributed by atoms with van der Waals surface area (Å²) in [5, 5.41) is 8.38. The maximum Gasteiger partial charge on any atom is 0.230 e. The minimum Gasteiger partial charge on any atom is -0.487 e. The summed E-state index contributed by atoms with van der Waals surface area (Å²) in [5.41, 5.74) is 4.48. The molecule has 1 amide bonds. The highest BCUT2D eigenvalue weighted by molar-refractivity contribution is 8.00. The number of thioether (sulfide) groups is 1. The van der Waals surface area contributed by atoms with Gasteiger partial charge in [0.2, 0.25) is 5.91 Å². The summed E-state index contributed by atoms with van der Waals surface area (Å²) in [6.45, 7) is 2.19. The number of rotatable bonds is 7. The number of halogens is 1. The van der Waals surface area contributed by atoms with Crippen LogP contribution in [0.1, 0.15) is 11.3 Å². The molecule has 1 aromatic carbocycles. The summed E-state index contributed by atoms with van der Waals surface area (Å²) in [6.07, 6.45) is 5.06. The predicted molar refractivity (Wildman–Crippen MR) is 127 cm³/mol. The first-order valence-corrected chi connectivity index (χ1v) is 11.3. The lowest BCUT2D eigenvalue weighted by molar-refractivity contribution is -0.118. The second-order valence-corrected chi connectivity index (χ2v) is 8.58. The topological polar surface area (TPSA) is 81.9 Å². The van der Waals surface area contributed by atoms with Crippen LogP contribution >= 0.6 is 23.4 Å². The lowest BCUT2D eigenvalue weighted by Gasteiger charge is -2.15. The van der Waals surface area contributed by atoms with Crippen LogP contribution in [0.4, 0.5) is 0 Å². The molecule has 0 saturated carbocycles. The minimum absolute atomic E-state index is 0.0710. The third-order valence-corrected chi connectivity index (χ3v) is 6.40. The quantitative estimate of drug-likeness (QED) is 0.405. The zero-order valence-corrected chi connectivity index (χ0v) is 19.5. The first-order valence-electron chi connectivity index (χ1n) is 9.95. The van der Waals surface area contributed by atoms with Gasteiger partial charge in [-0.25, -0.2) is 4.98 Å². The highest BCUT2D eigenvalue weighted by Crippen LogP contribution is 2.34. The third kappa shape index (κ3) is 4.56. The molecule has 1 N–H and O–H groups in total. The van der Waals surface area contributed by atoms with E-state index in [1.54, 1.807) is 25.6 Å². The number of carbonyl (C=O) groups is 1. The van der Waals surface area contributed by atoms with Crippen molar-refractivity contribution in [2.75, 3.05) is 12.8 Å². The van der Waals surface area contributed by atoms with Gasteiger partial charge in [0.05, 0.1) is 16.5 Å². The van der Waals surface area contributed by atoms with E-state index in [0.717, 1.165) is 38.3 Å². The van der Waals surface area contributed by atoms with Crippen LogP contribution in [-0.4, -0.2) is 38.5 Å². The first-order chi connectivity index (χ1) is 15.5. The van der Waals surface area contributed by atoms with Crippen LogP contribution in [0.3, 0.4) is 0 Å². The number of amides is 1. The fourth-order valence-electron chi connectivity index (χ4n) is 3.39. The van der Waals surface area contributed by atoms with Gasteiger partial charge in [-0.2, -0.15) is 5.10 Å². The van der Waals surface area contributed by atoms with Crippen LogP contribution in [-0.2, 0) is 18.4 Å². The van der Waals surface area contributed by atoms with Gasteiger partial charge in [0.15, 0.2) is 0 Å². The maximum absolute atomic E-state index is 11.7. The zero-order chi connectivity index (χ0) is 22.7. The third-order valence-electron chi connectivity index (χ3n) is 5.00. The number of fused-ring (bicyclic) bond motifs is 1. The van der Waals surface area contributed by atoms with Crippen molar-refractivity contribution in [3.05, 3.63) is 65.2 Å². The molecule has 0 aliphatic rings. The number of nitrogens with one attached hydrogen (secondary N) is 1. The van der Waals surface area contributed by atoms with Gasteiger partial charge in [-0.3, -0.25) is 14.5 Å². The zero-order valence-electron chi connectivity index (χ0n) is 17.9. The van der Waals surface area contributed by atoms with Crippen molar-refractivity contribution < 1.29 is 9.53 Å². The molecule has 32 heavy (non-hydrogen) atoms. The number of para-hydroxylation sites is 1. The molecule has 0 spiro atoms. The lowest BCUT2D eigenvalue weighted by atomic mass is 10.0. The monoisotopic (exact) mass is 467 g/mol. The SMILES string of the molecule is CNC(=O)CSc1cncc(Cl)c1COc1cccc2c(-c3ccnn3C)cc(C)nc12. The summed E-state index contributed by atoms with van der Waals surface area (Å²) in [7, 11) is 3.53. The Bertz CT molecular complexity index is 1290. The molecule has 4 aromatic rings. The van der Waals surface area contributed by atoms with E-state index in [9.17, 15) is 4.79 Å². The van der Waals surface area contributed by atoms with Gasteiger partial charge in [-0.1, -0.05) is 23.7 Å².